The van der Waals surface area contributed by atoms with E-state index in [1.54, 1.807) is 26.4 Å². The van der Waals surface area contributed by atoms with Crippen LogP contribution in [0.25, 0.3) is 10.9 Å². The Balaban J connectivity index is 1.64. The molecule has 0 aliphatic carbocycles. The number of aromatic nitrogens is 2. The highest BCUT2D eigenvalue weighted by Crippen LogP contribution is 2.28. The Morgan fingerprint density at radius 1 is 1.00 bits per heavy atom. The van der Waals surface area contributed by atoms with E-state index in [1.165, 1.54) is 25.3 Å². The molecule has 0 aliphatic rings. The average Bonchev–Trinajstić information content (AvgIpc) is 2.80. The van der Waals surface area contributed by atoms with Gasteiger partial charge in [0.05, 0.1) is 37.8 Å². The van der Waals surface area contributed by atoms with Crippen molar-refractivity contribution in [2.45, 2.75) is 19.4 Å². The average molecular weight is 426 g/mol. The minimum atomic E-state index is -0.535. The molecule has 0 unspecified atom stereocenters. The molecule has 1 aromatic heterocycles. The van der Waals surface area contributed by atoms with Gasteiger partial charge in [-0.2, -0.15) is 0 Å². The van der Waals surface area contributed by atoms with Crippen LogP contribution in [0.2, 0.25) is 0 Å². The lowest BCUT2D eigenvalue weighted by Gasteiger charge is -2.09. The summed E-state index contributed by atoms with van der Waals surface area (Å²) < 4.78 is 20.4. The first-order valence-electron chi connectivity index (χ1n) is 9.43. The van der Waals surface area contributed by atoms with E-state index < -0.39 is 17.5 Å². The van der Waals surface area contributed by atoms with Crippen molar-refractivity contribution in [3.05, 3.63) is 63.7 Å². The van der Waals surface area contributed by atoms with E-state index in [-0.39, 0.29) is 24.4 Å². The second-order valence-corrected chi connectivity index (χ2v) is 6.59. The molecule has 1 N–H and O–H groups in total. The third-order valence-corrected chi connectivity index (χ3v) is 4.61. The molecule has 31 heavy (non-hydrogen) atoms. The monoisotopic (exact) mass is 426 g/mol. The summed E-state index contributed by atoms with van der Waals surface area (Å²) in [6.45, 7) is -0.196. The zero-order valence-corrected chi connectivity index (χ0v) is 17.4. The Bertz CT molecular complexity index is 1170. The second kappa shape index (κ2) is 9.75. The SMILES string of the molecule is COC(=O)c1ccc2c(=O)[nH]c(COC(=O)CCc3ccc(OC)c(OC)c3)nc2c1. The fraction of sp³-hybridized carbons (Fsp3) is 0.273. The van der Waals surface area contributed by atoms with Crippen LogP contribution < -0.4 is 15.0 Å². The Morgan fingerprint density at radius 2 is 1.77 bits per heavy atom. The Hall–Kier alpha value is -3.88. The smallest absolute Gasteiger partial charge is 0.337 e. The number of ether oxygens (including phenoxy) is 4. The van der Waals surface area contributed by atoms with Crippen LogP contribution in [0.5, 0.6) is 11.5 Å². The van der Waals surface area contributed by atoms with Crippen molar-refractivity contribution >= 4 is 22.8 Å². The van der Waals surface area contributed by atoms with Gasteiger partial charge in [-0.25, -0.2) is 9.78 Å². The van der Waals surface area contributed by atoms with Crippen LogP contribution in [0.4, 0.5) is 0 Å². The molecule has 1 heterocycles. The lowest BCUT2D eigenvalue weighted by Crippen LogP contribution is -2.15. The summed E-state index contributed by atoms with van der Waals surface area (Å²) in [5.41, 5.74) is 1.08. The zero-order chi connectivity index (χ0) is 22.4. The van der Waals surface area contributed by atoms with Gasteiger partial charge in [0.1, 0.15) is 12.4 Å². The first-order valence-corrected chi connectivity index (χ1v) is 9.43. The van der Waals surface area contributed by atoms with E-state index in [2.05, 4.69) is 14.7 Å². The molecule has 3 aromatic rings. The highest BCUT2D eigenvalue weighted by Gasteiger charge is 2.12. The summed E-state index contributed by atoms with van der Waals surface area (Å²) in [5, 5.41) is 0.316. The highest BCUT2D eigenvalue weighted by atomic mass is 16.5. The predicted octanol–water partition coefficient (Wildman–Crippen LogP) is 2.40. The largest absolute Gasteiger partial charge is 0.493 e. The molecule has 2 aromatic carbocycles. The van der Waals surface area contributed by atoms with Crippen molar-refractivity contribution in [2.24, 2.45) is 0 Å². The van der Waals surface area contributed by atoms with Crippen LogP contribution in [0.15, 0.2) is 41.2 Å². The summed E-state index contributed by atoms with van der Waals surface area (Å²) in [7, 11) is 4.36. The third kappa shape index (κ3) is 5.19. The fourth-order valence-corrected chi connectivity index (χ4v) is 3.00. The molecule has 0 saturated heterocycles. The molecule has 9 nitrogen and oxygen atoms in total. The van der Waals surface area contributed by atoms with Gasteiger partial charge < -0.3 is 23.9 Å². The normalized spacial score (nSPS) is 10.5. The number of H-pyrrole nitrogens is 1. The van der Waals surface area contributed by atoms with Gasteiger partial charge in [-0.1, -0.05) is 6.07 Å². The third-order valence-electron chi connectivity index (χ3n) is 4.61. The highest BCUT2D eigenvalue weighted by molar-refractivity contribution is 5.93. The Labute approximate surface area is 177 Å². The van der Waals surface area contributed by atoms with Crippen LogP contribution in [0.3, 0.4) is 0 Å². The van der Waals surface area contributed by atoms with Crippen LogP contribution in [-0.4, -0.2) is 43.2 Å². The van der Waals surface area contributed by atoms with Gasteiger partial charge in [-0.15, -0.1) is 0 Å². The second-order valence-electron chi connectivity index (χ2n) is 6.59. The van der Waals surface area contributed by atoms with Gasteiger partial charge >= 0.3 is 11.9 Å². The molecule has 0 aliphatic heterocycles. The number of esters is 2. The molecule has 3 rings (SSSR count). The molecule has 0 radical (unpaired) electrons. The van der Waals surface area contributed by atoms with E-state index in [9.17, 15) is 14.4 Å². The number of nitrogens with zero attached hydrogens (tertiary/aromatic N) is 1. The molecule has 162 valence electrons. The van der Waals surface area contributed by atoms with Crippen molar-refractivity contribution in [3.63, 3.8) is 0 Å². The van der Waals surface area contributed by atoms with Crippen LogP contribution in [0.1, 0.15) is 28.2 Å². The topological polar surface area (TPSA) is 117 Å². The number of carbonyl (C=O) groups is 2. The van der Waals surface area contributed by atoms with E-state index in [4.69, 9.17) is 14.2 Å². The standard InChI is InChI=1S/C22H22N2O7/c1-28-17-8-4-13(10-18(17)29-2)5-9-20(25)31-12-19-23-16-11-14(22(27)30-3)6-7-15(16)21(26)24-19/h4,6-8,10-11H,5,9,12H2,1-3H3,(H,23,24,26). The summed E-state index contributed by atoms with van der Waals surface area (Å²) in [4.78, 5) is 42.9. The Kier molecular flexibility index (Phi) is 6.86. The van der Waals surface area contributed by atoms with Gasteiger partial charge in [-0.05, 0) is 42.3 Å². The fourth-order valence-electron chi connectivity index (χ4n) is 3.00. The van der Waals surface area contributed by atoms with Crippen molar-refractivity contribution in [2.75, 3.05) is 21.3 Å². The number of carbonyl (C=O) groups excluding carboxylic acids is 2. The molecular formula is C22H22N2O7. The molecule has 0 bridgehead atoms. The van der Waals surface area contributed by atoms with E-state index in [0.29, 0.717) is 28.8 Å². The predicted molar refractivity (Wildman–Crippen MR) is 111 cm³/mol. The zero-order valence-electron chi connectivity index (χ0n) is 17.4. The van der Waals surface area contributed by atoms with Crippen LogP contribution in [-0.2, 0) is 27.3 Å². The number of aromatic amines is 1. The number of rotatable bonds is 8. The maximum atomic E-state index is 12.2. The van der Waals surface area contributed by atoms with E-state index >= 15 is 0 Å². The first-order chi connectivity index (χ1) is 14.9. The molecular weight excluding hydrogens is 404 g/mol. The minimum absolute atomic E-state index is 0.139. The van der Waals surface area contributed by atoms with Crippen molar-refractivity contribution in [1.29, 1.82) is 0 Å². The number of nitrogens with one attached hydrogen (secondary N) is 1. The van der Waals surface area contributed by atoms with E-state index in [1.807, 2.05) is 6.07 Å². The Morgan fingerprint density at radius 3 is 2.48 bits per heavy atom. The van der Waals surface area contributed by atoms with Crippen LogP contribution in [0, 0.1) is 0 Å². The molecule has 0 saturated carbocycles. The molecule has 0 fully saturated rings. The maximum absolute atomic E-state index is 12.2. The number of benzene rings is 2. The number of fused-ring (bicyclic) bond motifs is 1. The first kappa shape index (κ1) is 21.8. The van der Waals surface area contributed by atoms with Crippen molar-refractivity contribution in [3.8, 4) is 11.5 Å². The maximum Gasteiger partial charge on any atom is 0.337 e. The van der Waals surface area contributed by atoms with Gasteiger partial charge in [0.2, 0.25) is 0 Å². The molecule has 0 amide bonds. The molecule has 0 spiro atoms. The lowest BCUT2D eigenvalue weighted by atomic mass is 10.1. The quantitative estimate of drug-likeness (QED) is 0.546. The van der Waals surface area contributed by atoms with E-state index in [0.717, 1.165) is 5.56 Å². The summed E-state index contributed by atoms with van der Waals surface area (Å²) in [6, 6.07) is 9.85. The number of hydrogen-bond donors (Lipinski definition) is 1. The van der Waals surface area contributed by atoms with Gasteiger partial charge in [-0.3, -0.25) is 9.59 Å². The lowest BCUT2D eigenvalue weighted by molar-refractivity contribution is -0.145. The number of aryl methyl sites for hydroxylation is 1. The number of hydrogen-bond acceptors (Lipinski definition) is 8. The summed E-state index contributed by atoms with van der Waals surface area (Å²) in [5.74, 6) is 0.389. The van der Waals surface area contributed by atoms with Gasteiger partial charge in [0.25, 0.3) is 5.56 Å². The van der Waals surface area contributed by atoms with Crippen LogP contribution >= 0.6 is 0 Å². The van der Waals surface area contributed by atoms with Crippen molar-refractivity contribution in [1.82, 2.24) is 9.97 Å². The summed E-state index contributed by atoms with van der Waals surface area (Å²) in [6.07, 6.45) is 0.586. The molecule has 0 atom stereocenters. The van der Waals surface area contributed by atoms with Gasteiger partial charge in [0, 0.05) is 6.42 Å². The minimum Gasteiger partial charge on any atom is -0.493 e. The number of methoxy groups -OCH3 is 3. The van der Waals surface area contributed by atoms with Crippen molar-refractivity contribution < 1.29 is 28.5 Å². The summed E-state index contributed by atoms with van der Waals surface area (Å²) >= 11 is 0. The molecule has 9 heteroatoms. The van der Waals surface area contributed by atoms with Gasteiger partial charge in [0.15, 0.2) is 11.5 Å².